The summed E-state index contributed by atoms with van der Waals surface area (Å²) in [6, 6.07) is 18.3. The van der Waals surface area contributed by atoms with Gasteiger partial charge in [0, 0.05) is 0 Å². The molecule has 3 aromatic carbocycles. The van der Waals surface area contributed by atoms with Gasteiger partial charge in [0.25, 0.3) is 0 Å². The van der Waals surface area contributed by atoms with Crippen molar-refractivity contribution >= 4 is 0 Å². The van der Waals surface area contributed by atoms with E-state index in [0.717, 1.165) is 27.8 Å². The van der Waals surface area contributed by atoms with Gasteiger partial charge in [-0.25, -0.2) is 0 Å². The lowest BCUT2D eigenvalue weighted by Gasteiger charge is -1.99. The molecule has 0 aliphatic carbocycles. The van der Waals surface area contributed by atoms with Crippen LogP contribution in [0.1, 0.15) is 27.8 Å². The Bertz CT molecular complexity index is 728. The summed E-state index contributed by atoms with van der Waals surface area (Å²) in [6.45, 7) is 9.65. The predicted molar refractivity (Wildman–Crippen MR) is 108 cm³/mol. The van der Waals surface area contributed by atoms with Gasteiger partial charge in [-0.2, -0.15) is 0 Å². The third-order valence-corrected chi connectivity index (χ3v) is 4.27. The van der Waals surface area contributed by atoms with E-state index in [1.165, 1.54) is 0 Å². The number of aromatic hydroxyl groups is 3. The van der Waals surface area contributed by atoms with E-state index in [9.17, 15) is 0 Å². The summed E-state index contributed by atoms with van der Waals surface area (Å²) >= 11 is 0. The zero-order valence-corrected chi connectivity index (χ0v) is 16.1. The first-order valence-corrected chi connectivity index (χ1v) is 8.49. The number of phenols is 3. The van der Waals surface area contributed by atoms with Gasteiger partial charge < -0.3 is 15.3 Å². The minimum atomic E-state index is 0.368. The molecule has 0 aliphatic rings. The SMILES string of the molecule is Cc1cccc(O)c1C.Cc1cccc(O)c1C.Cc1ccccc1O. The molecule has 0 amide bonds. The molecule has 3 N–H and O–H groups in total. The third-order valence-electron chi connectivity index (χ3n) is 4.27. The molecular formula is C23H28O3. The highest BCUT2D eigenvalue weighted by Gasteiger charge is 1.95. The normalized spacial score (nSPS) is 9.42. The van der Waals surface area contributed by atoms with Crippen LogP contribution in [0.25, 0.3) is 0 Å². The molecule has 0 aliphatic heterocycles. The van der Waals surface area contributed by atoms with Crippen molar-refractivity contribution in [2.24, 2.45) is 0 Å². The van der Waals surface area contributed by atoms with Crippen molar-refractivity contribution in [3.63, 3.8) is 0 Å². The number of aryl methyl sites for hydroxylation is 3. The molecule has 0 spiro atoms. The van der Waals surface area contributed by atoms with Gasteiger partial charge >= 0.3 is 0 Å². The predicted octanol–water partition coefficient (Wildman–Crippen LogP) is 5.72. The van der Waals surface area contributed by atoms with Crippen molar-refractivity contribution in [3.05, 3.63) is 88.5 Å². The summed E-state index contributed by atoms with van der Waals surface area (Å²) in [4.78, 5) is 0. The molecule has 3 heteroatoms. The van der Waals surface area contributed by atoms with Crippen molar-refractivity contribution in [2.75, 3.05) is 0 Å². The van der Waals surface area contributed by atoms with Gasteiger partial charge in [0.2, 0.25) is 0 Å². The average Bonchev–Trinajstić information content (AvgIpc) is 2.61. The van der Waals surface area contributed by atoms with E-state index in [0.29, 0.717) is 17.2 Å². The molecule has 0 unspecified atom stereocenters. The molecule has 0 saturated heterocycles. The summed E-state index contributed by atoms with van der Waals surface area (Å²) in [7, 11) is 0. The van der Waals surface area contributed by atoms with Crippen molar-refractivity contribution < 1.29 is 15.3 Å². The van der Waals surface area contributed by atoms with Gasteiger partial charge in [-0.1, -0.05) is 42.5 Å². The Labute approximate surface area is 156 Å². The van der Waals surface area contributed by atoms with Gasteiger partial charge in [0.05, 0.1) is 0 Å². The van der Waals surface area contributed by atoms with Crippen molar-refractivity contribution in [1.29, 1.82) is 0 Å². The first-order valence-electron chi connectivity index (χ1n) is 8.49. The second-order valence-corrected chi connectivity index (χ2v) is 6.22. The number of hydrogen-bond donors (Lipinski definition) is 3. The van der Waals surface area contributed by atoms with Crippen LogP contribution in [0.3, 0.4) is 0 Å². The summed E-state index contributed by atoms with van der Waals surface area (Å²) in [5.74, 6) is 1.14. The van der Waals surface area contributed by atoms with E-state index in [1.54, 1.807) is 18.2 Å². The minimum Gasteiger partial charge on any atom is -0.508 e. The second kappa shape index (κ2) is 10.1. The molecular weight excluding hydrogens is 324 g/mol. The average molecular weight is 352 g/mol. The lowest BCUT2D eigenvalue weighted by atomic mass is 10.1. The van der Waals surface area contributed by atoms with Crippen LogP contribution in [0.5, 0.6) is 17.2 Å². The number of phenolic OH excluding ortho intramolecular Hbond substituents is 3. The van der Waals surface area contributed by atoms with Gasteiger partial charge in [-0.05, 0) is 80.6 Å². The summed E-state index contributed by atoms with van der Waals surface area (Å²) in [5, 5.41) is 27.1. The van der Waals surface area contributed by atoms with E-state index < -0.39 is 0 Å². The lowest BCUT2D eigenvalue weighted by Crippen LogP contribution is -1.78. The number of hydrogen-bond acceptors (Lipinski definition) is 3. The molecule has 0 bridgehead atoms. The molecule has 3 nitrogen and oxygen atoms in total. The summed E-state index contributed by atoms with van der Waals surface area (Å²) in [5.41, 5.74) is 5.13. The van der Waals surface area contributed by atoms with Crippen LogP contribution >= 0.6 is 0 Å². The smallest absolute Gasteiger partial charge is 0.118 e. The zero-order chi connectivity index (χ0) is 19.7. The van der Waals surface area contributed by atoms with E-state index >= 15 is 0 Å². The fraction of sp³-hybridized carbons (Fsp3) is 0.217. The monoisotopic (exact) mass is 352 g/mol. The molecule has 0 saturated carbocycles. The summed E-state index contributed by atoms with van der Waals surface area (Å²) in [6.07, 6.45) is 0. The first-order chi connectivity index (χ1) is 12.2. The maximum Gasteiger partial charge on any atom is 0.118 e. The Balaban J connectivity index is 0.000000195. The standard InChI is InChI=1S/2C8H10O.C7H8O/c2*1-6-4-3-5-8(9)7(6)2;1-6-4-2-3-5-7(6)8/h2*3-5,9H,1-2H3;2-5,8H,1H3. The van der Waals surface area contributed by atoms with Gasteiger partial charge in [-0.15, -0.1) is 0 Å². The molecule has 0 aromatic heterocycles. The molecule has 3 rings (SSSR count). The van der Waals surface area contributed by atoms with E-state index in [-0.39, 0.29) is 0 Å². The Morgan fingerprint density at radius 2 is 0.769 bits per heavy atom. The lowest BCUT2D eigenvalue weighted by molar-refractivity contribution is 0.470. The highest BCUT2D eigenvalue weighted by atomic mass is 16.3. The highest BCUT2D eigenvalue weighted by Crippen LogP contribution is 2.18. The maximum atomic E-state index is 9.10. The minimum absolute atomic E-state index is 0.368. The van der Waals surface area contributed by atoms with Crippen LogP contribution in [0, 0.1) is 34.6 Å². The first kappa shape index (κ1) is 21.1. The molecule has 138 valence electrons. The van der Waals surface area contributed by atoms with E-state index in [4.69, 9.17) is 15.3 Å². The van der Waals surface area contributed by atoms with Crippen molar-refractivity contribution in [2.45, 2.75) is 34.6 Å². The molecule has 0 fully saturated rings. The van der Waals surface area contributed by atoms with Gasteiger partial charge in [0.1, 0.15) is 17.2 Å². The van der Waals surface area contributed by atoms with Crippen LogP contribution < -0.4 is 0 Å². The van der Waals surface area contributed by atoms with Crippen molar-refractivity contribution in [3.8, 4) is 17.2 Å². The number of rotatable bonds is 0. The number of para-hydroxylation sites is 1. The van der Waals surface area contributed by atoms with Gasteiger partial charge in [0.15, 0.2) is 0 Å². The van der Waals surface area contributed by atoms with Gasteiger partial charge in [-0.3, -0.25) is 0 Å². The summed E-state index contributed by atoms with van der Waals surface area (Å²) < 4.78 is 0. The Morgan fingerprint density at radius 1 is 0.423 bits per heavy atom. The molecule has 0 radical (unpaired) electrons. The largest absolute Gasteiger partial charge is 0.508 e. The highest BCUT2D eigenvalue weighted by molar-refractivity contribution is 5.37. The number of benzene rings is 3. The zero-order valence-electron chi connectivity index (χ0n) is 16.1. The fourth-order valence-electron chi connectivity index (χ4n) is 2.03. The fourth-order valence-corrected chi connectivity index (χ4v) is 2.03. The van der Waals surface area contributed by atoms with E-state index in [1.807, 2.05) is 77.1 Å². The third kappa shape index (κ3) is 6.52. The van der Waals surface area contributed by atoms with Crippen LogP contribution in [0.4, 0.5) is 0 Å². The van der Waals surface area contributed by atoms with E-state index in [2.05, 4.69) is 0 Å². The Hall–Kier alpha value is -2.94. The molecule has 0 atom stereocenters. The molecule has 26 heavy (non-hydrogen) atoms. The van der Waals surface area contributed by atoms with Crippen LogP contribution in [-0.2, 0) is 0 Å². The molecule has 0 heterocycles. The molecule has 3 aromatic rings. The van der Waals surface area contributed by atoms with Crippen LogP contribution in [0.2, 0.25) is 0 Å². The second-order valence-electron chi connectivity index (χ2n) is 6.22. The topological polar surface area (TPSA) is 60.7 Å². The maximum absolute atomic E-state index is 9.10. The van der Waals surface area contributed by atoms with Crippen molar-refractivity contribution in [1.82, 2.24) is 0 Å². The Morgan fingerprint density at radius 3 is 1.04 bits per heavy atom. The van der Waals surface area contributed by atoms with Crippen LogP contribution in [-0.4, -0.2) is 15.3 Å². The Kier molecular flexibility index (Phi) is 8.23. The quantitative estimate of drug-likeness (QED) is 0.485. The van der Waals surface area contributed by atoms with Crippen LogP contribution in [0.15, 0.2) is 60.7 Å².